The third-order valence-electron chi connectivity index (χ3n) is 6.64. The Morgan fingerprint density at radius 2 is 1.85 bits per heavy atom. The molecular formula is C25H24ClFN4O2S. The summed E-state index contributed by atoms with van der Waals surface area (Å²) in [5.41, 5.74) is 4.23. The van der Waals surface area contributed by atoms with Crippen molar-refractivity contribution in [2.45, 2.75) is 36.9 Å². The van der Waals surface area contributed by atoms with Crippen LogP contribution in [0.15, 0.2) is 47.6 Å². The van der Waals surface area contributed by atoms with E-state index in [0.717, 1.165) is 17.4 Å². The minimum absolute atomic E-state index is 0.108. The lowest BCUT2D eigenvalue weighted by Crippen LogP contribution is -2.26. The van der Waals surface area contributed by atoms with Crippen LogP contribution in [0, 0.1) is 5.82 Å². The fraction of sp³-hybridized carbons (Fsp3) is 0.320. The van der Waals surface area contributed by atoms with Gasteiger partial charge in [0.05, 0.1) is 21.7 Å². The van der Waals surface area contributed by atoms with E-state index in [4.69, 9.17) is 11.6 Å². The summed E-state index contributed by atoms with van der Waals surface area (Å²) in [6.45, 7) is 5.00. The summed E-state index contributed by atoms with van der Waals surface area (Å²) in [5, 5.41) is 3.48. The molecule has 5 rings (SSSR count). The molecule has 0 unspecified atom stereocenters. The summed E-state index contributed by atoms with van der Waals surface area (Å²) in [5.74, 6) is -0.258. The van der Waals surface area contributed by atoms with Gasteiger partial charge in [0.25, 0.3) is 0 Å². The molecule has 0 amide bonds. The van der Waals surface area contributed by atoms with E-state index in [9.17, 15) is 12.8 Å². The Balaban J connectivity index is 1.50. The molecule has 2 heterocycles. The van der Waals surface area contributed by atoms with E-state index in [1.807, 2.05) is 18.3 Å². The Labute approximate surface area is 203 Å². The van der Waals surface area contributed by atoms with Gasteiger partial charge in [-0.15, -0.1) is 0 Å². The predicted molar refractivity (Wildman–Crippen MR) is 133 cm³/mol. The number of hydrogen-bond acceptors (Lipinski definition) is 6. The van der Waals surface area contributed by atoms with E-state index in [1.165, 1.54) is 30.0 Å². The van der Waals surface area contributed by atoms with Gasteiger partial charge < -0.3 is 5.32 Å². The van der Waals surface area contributed by atoms with Crippen molar-refractivity contribution in [1.82, 2.24) is 9.97 Å². The van der Waals surface area contributed by atoms with E-state index < -0.39 is 20.4 Å². The number of rotatable bonds is 5. The van der Waals surface area contributed by atoms with Crippen molar-refractivity contribution >= 4 is 39.3 Å². The average molecular weight is 499 g/mol. The standard InChI is InChI=1S/C25H24ClFN4O2S/c1-24(2)14-28-12-16-5-4-15(10-18(16)24)22-20(26)13-29-23(31-22)30-17-6-7-21(27)19(11-17)25(8-9-25)34(3,32)33/h4-7,10-13H,8-9,14H2,1-3H3,(H,29,30,31). The Morgan fingerprint density at radius 3 is 2.56 bits per heavy atom. The first-order valence-corrected chi connectivity index (χ1v) is 13.2. The van der Waals surface area contributed by atoms with Gasteiger partial charge in [-0.2, -0.15) is 0 Å². The summed E-state index contributed by atoms with van der Waals surface area (Å²) >= 11 is 6.46. The van der Waals surface area contributed by atoms with Gasteiger partial charge in [0, 0.05) is 41.2 Å². The van der Waals surface area contributed by atoms with Crippen LogP contribution in [0.5, 0.6) is 0 Å². The molecule has 2 aromatic carbocycles. The van der Waals surface area contributed by atoms with Gasteiger partial charge in [0.2, 0.25) is 5.95 Å². The number of hydrogen-bond donors (Lipinski definition) is 1. The highest BCUT2D eigenvalue weighted by molar-refractivity contribution is 7.92. The second-order valence-corrected chi connectivity index (χ2v) is 12.4. The summed E-state index contributed by atoms with van der Waals surface area (Å²) in [6, 6.07) is 10.4. The van der Waals surface area contributed by atoms with Crippen molar-refractivity contribution < 1.29 is 12.8 Å². The number of nitrogens with zero attached hydrogens (tertiary/aromatic N) is 3. The van der Waals surface area contributed by atoms with E-state index in [2.05, 4.69) is 40.2 Å². The van der Waals surface area contributed by atoms with Crippen LogP contribution in [0.2, 0.25) is 5.02 Å². The van der Waals surface area contributed by atoms with Gasteiger partial charge in [0.1, 0.15) is 5.82 Å². The molecule has 176 valence electrons. The zero-order valence-electron chi connectivity index (χ0n) is 19.1. The van der Waals surface area contributed by atoms with E-state index >= 15 is 0 Å². The Morgan fingerprint density at radius 1 is 1.09 bits per heavy atom. The van der Waals surface area contributed by atoms with Crippen molar-refractivity contribution in [2.75, 3.05) is 18.1 Å². The molecule has 3 aromatic rings. The largest absolute Gasteiger partial charge is 0.324 e. The number of sulfone groups is 1. The molecule has 0 atom stereocenters. The topological polar surface area (TPSA) is 84.3 Å². The lowest BCUT2D eigenvalue weighted by atomic mass is 9.79. The average Bonchev–Trinajstić information content (AvgIpc) is 3.58. The molecule has 2 aliphatic rings. The highest BCUT2D eigenvalue weighted by Crippen LogP contribution is 2.53. The molecule has 1 saturated carbocycles. The fourth-order valence-corrected chi connectivity index (χ4v) is 6.12. The quantitative estimate of drug-likeness (QED) is 0.507. The predicted octanol–water partition coefficient (Wildman–Crippen LogP) is 5.42. The number of anilines is 2. The minimum atomic E-state index is -3.45. The zero-order chi connectivity index (χ0) is 24.3. The number of nitrogens with one attached hydrogen (secondary N) is 1. The maximum atomic E-state index is 14.6. The van der Waals surface area contributed by atoms with E-state index in [0.29, 0.717) is 35.8 Å². The number of halogens is 2. The highest BCUT2D eigenvalue weighted by Gasteiger charge is 2.55. The van der Waals surface area contributed by atoms with Crippen LogP contribution in [-0.4, -0.2) is 37.4 Å². The van der Waals surface area contributed by atoms with E-state index in [-0.39, 0.29) is 16.9 Å². The van der Waals surface area contributed by atoms with Crippen molar-refractivity contribution in [1.29, 1.82) is 0 Å². The van der Waals surface area contributed by atoms with Crippen molar-refractivity contribution in [3.8, 4) is 11.3 Å². The molecule has 1 aliphatic heterocycles. The van der Waals surface area contributed by atoms with Crippen molar-refractivity contribution in [2.24, 2.45) is 4.99 Å². The summed E-state index contributed by atoms with van der Waals surface area (Å²) in [6.07, 6.45) is 5.37. The summed E-state index contributed by atoms with van der Waals surface area (Å²) < 4.78 is 38.0. The molecule has 1 aliphatic carbocycles. The number of benzene rings is 2. The fourth-order valence-electron chi connectivity index (χ4n) is 4.52. The van der Waals surface area contributed by atoms with Crippen LogP contribution in [-0.2, 0) is 20.0 Å². The van der Waals surface area contributed by atoms with Crippen molar-refractivity contribution in [3.63, 3.8) is 0 Å². The van der Waals surface area contributed by atoms with Crippen LogP contribution in [0.4, 0.5) is 16.0 Å². The number of aliphatic imine (C=N–C) groups is 1. The number of fused-ring (bicyclic) bond motifs is 1. The first-order valence-electron chi connectivity index (χ1n) is 10.9. The highest BCUT2D eigenvalue weighted by atomic mass is 35.5. The van der Waals surface area contributed by atoms with Gasteiger partial charge in [0.15, 0.2) is 9.84 Å². The van der Waals surface area contributed by atoms with Gasteiger partial charge >= 0.3 is 0 Å². The molecule has 9 heteroatoms. The molecule has 0 radical (unpaired) electrons. The summed E-state index contributed by atoms with van der Waals surface area (Å²) in [7, 11) is -3.45. The monoisotopic (exact) mass is 498 g/mol. The summed E-state index contributed by atoms with van der Waals surface area (Å²) in [4.78, 5) is 13.3. The minimum Gasteiger partial charge on any atom is -0.324 e. The van der Waals surface area contributed by atoms with Crippen LogP contribution in [0.1, 0.15) is 43.4 Å². The molecule has 0 saturated heterocycles. The second-order valence-electron chi connectivity index (χ2n) is 9.63. The molecule has 1 N–H and O–H groups in total. The molecule has 1 aromatic heterocycles. The van der Waals surface area contributed by atoms with Crippen LogP contribution in [0.3, 0.4) is 0 Å². The lowest BCUT2D eigenvalue weighted by Gasteiger charge is -2.28. The van der Waals surface area contributed by atoms with E-state index in [1.54, 1.807) is 0 Å². The zero-order valence-corrected chi connectivity index (χ0v) is 20.6. The van der Waals surface area contributed by atoms with Crippen LogP contribution >= 0.6 is 11.6 Å². The molecule has 0 spiro atoms. The molecule has 0 bridgehead atoms. The first kappa shape index (κ1) is 22.9. The molecular weight excluding hydrogens is 475 g/mol. The second kappa shape index (κ2) is 7.85. The third-order valence-corrected chi connectivity index (χ3v) is 8.97. The van der Waals surface area contributed by atoms with Gasteiger partial charge in [-0.3, -0.25) is 4.99 Å². The van der Waals surface area contributed by atoms with Crippen LogP contribution < -0.4 is 5.32 Å². The van der Waals surface area contributed by atoms with Gasteiger partial charge in [-0.05, 0) is 48.2 Å². The Kier molecular flexibility index (Phi) is 5.29. The van der Waals surface area contributed by atoms with Crippen molar-refractivity contribution in [3.05, 3.63) is 70.1 Å². The van der Waals surface area contributed by atoms with Crippen LogP contribution in [0.25, 0.3) is 11.3 Å². The molecule has 1 fully saturated rings. The smallest absolute Gasteiger partial charge is 0.227 e. The van der Waals surface area contributed by atoms with Gasteiger partial charge in [-0.1, -0.05) is 37.6 Å². The maximum Gasteiger partial charge on any atom is 0.227 e. The normalized spacial score (nSPS) is 17.8. The molecule has 6 nitrogen and oxygen atoms in total. The lowest BCUT2D eigenvalue weighted by molar-refractivity contribution is 0.534. The Bertz CT molecular complexity index is 1450. The molecule has 34 heavy (non-hydrogen) atoms. The number of aromatic nitrogens is 2. The first-order chi connectivity index (χ1) is 16.0. The van der Waals surface area contributed by atoms with Gasteiger partial charge in [-0.25, -0.2) is 22.8 Å². The maximum absolute atomic E-state index is 14.6. The Hall–Kier alpha value is -2.84. The third kappa shape index (κ3) is 3.88. The SMILES string of the molecule is CC1(C)CN=Cc2ccc(-c3nc(Nc4ccc(F)c(C5(S(C)(=O)=O)CC5)c4)ncc3Cl)cc21.